The Bertz CT molecular complexity index is 831. The summed E-state index contributed by atoms with van der Waals surface area (Å²) in [6, 6.07) is 5.10. The summed E-state index contributed by atoms with van der Waals surface area (Å²) >= 11 is 4.85. The van der Waals surface area contributed by atoms with Gasteiger partial charge in [0, 0.05) is 10.4 Å². The molecule has 7 heteroatoms. The number of thiophene rings is 1. The summed E-state index contributed by atoms with van der Waals surface area (Å²) in [4.78, 5) is 26.0. The van der Waals surface area contributed by atoms with E-state index in [9.17, 15) is 9.59 Å². The predicted octanol–water partition coefficient (Wildman–Crippen LogP) is 4.44. The molecule has 0 bridgehead atoms. The molecule has 1 N–H and O–H groups in total. The van der Waals surface area contributed by atoms with Crippen molar-refractivity contribution >= 4 is 44.1 Å². The first-order valence-electron chi connectivity index (χ1n) is 7.93. The number of benzene rings is 1. The van der Waals surface area contributed by atoms with Crippen molar-refractivity contribution in [3.8, 4) is 5.75 Å². The lowest BCUT2D eigenvalue weighted by Crippen LogP contribution is -2.15. The van der Waals surface area contributed by atoms with Crippen molar-refractivity contribution in [3.05, 3.63) is 44.2 Å². The first-order valence-corrected chi connectivity index (χ1v) is 9.53. The second kappa shape index (κ2) is 7.58. The van der Waals surface area contributed by atoms with Crippen LogP contribution in [0.25, 0.3) is 0 Å². The Morgan fingerprint density at radius 2 is 1.96 bits per heavy atom. The minimum Gasteiger partial charge on any atom is -0.496 e. The zero-order chi connectivity index (χ0) is 18.0. The quantitative estimate of drug-likeness (QED) is 0.738. The summed E-state index contributed by atoms with van der Waals surface area (Å²) in [5.74, 6) is -0.0175. The highest BCUT2D eigenvalue weighted by Gasteiger charge is 2.27. The number of halogens is 1. The Labute approximate surface area is 158 Å². The van der Waals surface area contributed by atoms with Gasteiger partial charge in [-0.3, -0.25) is 4.79 Å². The lowest BCUT2D eigenvalue weighted by molar-refractivity contribution is 0.0601. The van der Waals surface area contributed by atoms with E-state index < -0.39 is 5.97 Å². The topological polar surface area (TPSA) is 64.6 Å². The molecule has 2 aromatic rings. The van der Waals surface area contributed by atoms with Gasteiger partial charge in [-0.15, -0.1) is 11.3 Å². The van der Waals surface area contributed by atoms with E-state index in [4.69, 9.17) is 9.47 Å². The highest BCUT2D eigenvalue weighted by atomic mass is 79.9. The van der Waals surface area contributed by atoms with Crippen LogP contribution < -0.4 is 10.1 Å². The van der Waals surface area contributed by atoms with E-state index in [2.05, 4.69) is 21.2 Å². The van der Waals surface area contributed by atoms with E-state index >= 15 is 0 Å². The summed E-state index contributed by atoms with van der Waals surface area (Å²) in [6.45, 7) is 0. The Hall–Kier alpha value is -1.86. The van der Waals surface area contributed by atoms with Crippen molar-refractivity contribution in [2.45, 2.75) is 25.7 Å². The number of nitrogens with one attached hydrogen (secondary N) is 1. The molecule has 0 saturated heterocycles. The SMILES string of the molecule is COC(=O)c1c(NC(=O)c2ccc(OC)c(Br)c2)sc2c1CCCC2. The summed E-state index contributed by atoms with van der Waals surface area (Å²) in [5.41, 5.74) is 2.01. The third kappa shape index (κ3) is 3.57. The maximum atomic E-state index is 12.6. The number of amides is 1. The predicted molar refractivity (Wildman–Crippen MR) is 101 cm³/mol. The van der Waals surface area contributed by atoms with Gasteiger partial charge >= 0.3 is 5.97 Å². The van der Waals surface area contributed by atoms with E-state index in [0.29, 0.717) is 26.4 Å². The highest BCUT2D eigenvalue weighted by Crippen LogP contribution is 2.39. The van der Waals surface area contributed by atoms with Crippen molar-refractivity contribution in [1.82, 2.24) is 0 Å². The number of rotatable bonds is 4. The number of aryl methyl sites for hydroxylation is 1. The normalized spacial score (nSPS) is 13.1. The van der Waals surface area contributed by atoms with Gasteiger partial charge in [0.2, 0.25) is 0 Å². The van der Waals surface area contributed by atoms with Gasteiger partial charge in [-0.25, -0.2) is 4.79 Å². The fourth-order valence-electron chi connectivity index (χ4n) is 2.95. The smallest absolute Gasteiger partial charge is 0.341 e. The monoisotopic (exact) mass is 423 g/mol. The first kappa shape index (κ1) is 17.9. The average molecular weight is 424 g/mol. The molecule has 0 unspecified atom stereocenters. The number of hydrogen-bond donors (Lipinski definition) is 1. The van der Waals surface area contributed by atoms with Crippen LogP contribution >= 0.6 is 27.3 Å². The number of carbonyl (C=O) groups is 2. The second-order valence-electron chi connectivity index (χ2n) is 5.71. The van der Waals surface area contributed by atoms with Gasteiger partial charge in [0.05, 0.1) is 24.3 Å². The molecule has 0 aliphatic heterocycles. The maximum Gasteiger partial charge on any atom is 0.341 e. The van der Waals surface area contributed by atoms with Gasteiger partial charge in [-0.1, -0.05) is 0 Å². The molecule has 132 valence electrons. The van der Waals surface area contributed by atoms with Crippen LogP contribution in [0.1, 0.15) is 44.0 Å². The number of ether oxygens (including phenoxy) is 2. The molecule has 0 fully saturated rings. The van der Waals surface area contributed by atoms with E-state index in [1.807, 2.05) is 0 Å². The number of fused-ring (bicyclic) bond motifs is 1. The van der Waals surface area contributed by atoms with Crippen LogP contribution in [0.5, 0.6) is 5.75 Å². The first-order chi connectivity index (χ1) is 12.0. The van der Waals surface area contributed by atoms with Crippen molar-refractivity contribution in [1.29, 1.82) is 0 Å². The molecular weight excluding hydrogens is 406 g/mol. The van der Waals surface area contributed by atoms with Gasteiger partial charge in [-0.2, -0.15) is 0 Å². The Morgan fingerprint density at radius 1 is 1.20 bits per heavy atom. The largest absolute Gasteiger partial charge is 0.496 e. The minimum absolute atomic E-state index is 0.271. The van der Waals surface area contributed by atoms with Gasteiger partial charge in [0.1, 0.15) is 10.8 Å². The molecule has 3 rings (SSSR count). The third-order valence-electron chi connectivity index (χ3n) is 4.20. The van der Waals surface area contributed by atoms with Gasteiger partial charge in [-0.05, 0) is 65.4 Å². The number of hydrogen-bond acceptors (Lipinski definition) is 5. The molecule has 25 heavy (non-hydrogen) atoms. The number of carbonyl (C=O) groups excluding carboxylic acids is 2. The van der Waals surface area contributed by atoms with Gasteiger partial charge in [0.15, 0.2) is 0 Å². The number of anilines is 1. The zero-order valence-corrected chi connectivity index (χ0v) is 16.4. The molecule has 1 amide bonds. The second-order valence-corrected chi connectivity index (χ2v) is 7.67. The molecule has 0 saturated carbocycles. The summed E-state index contributed by atoms with van der Waals surface area (Å²) < 4.78 is 10.8. The molecule has 0 atom stereocenters. The van der Waals surface area contributed by atoms with Gasteiger partial charge < -0.3 is 14.8 Å². The standard InChI is InChI=1S/C18H18BrNO4S/c1-23-13-8-7-10(9-12(13)19)16(21)20-17-15(18(22)24-2)11-5-3-4-6-14(11)25-17/h7-9H,3-6H2,1-2H3,(H,20,21). The summed E-state index contributed by atoms with van der Waals surface area (Å²) in [6.07, 6.45) is 3.94. The van der Waals surface area contributed by atoms with Crippen LogP contribution in [0.4, 0.5) is 5.00 Å². The maximum absolute atomic E-state index is 12.6. The van der Waals surface area contributed by atoms with E-state index in [1.54, 1.807) is 25.3 Å². The fraction of sp³-hybridized carbons (Fsp3) is 0.333. The molecule has 1 aliphatic rings. The lowest BCUT2D eigenvalue weighted by Gasteiger charge is -2.12. The molecule has 0 spiro atoms. The van der Waals surface area contributed by atoms with E-state index in [1.165, 1.54) is 18.4 Å². The molecule has 0 radical (unpaired) electrons. The van der Waals surface area contributed by atoms with E-state index in [0.717, 1.165) is 36.1 Å². The van der Waals surface area contributed by atoms with Crippen LogP contribution in [0, 0.1) is 0 Å². The summed E-state index contributed by atoms with van der Waals surface area (Å²) in [5, 5.41) is 3.45. The van der Waals surface area contributed by atoms with Crippen LogP contribution in [0.2, 0.25) is 0 Å². The molecular formula is C18H18BrNO4S. The Kier molecular flexibility index (Phi) is 5.44. The molecule has 1 aromatic carbocycles. The van der Waals surface area contributed by atoms with Crippen LogP contribution in [-0.2, 0) is 17.6 Å². The molecule has 1 aliphatic carbocycles. The molecule has 5 nitrogen and oxygen atoms in total. The Morgan fingerprint density at radius 3 is 2.64 bits per heavy atom. The van der Waals surface area contributed by atoms with Crippen molar-refractivity contribution in [2.75, 3.05) is 19.5 Å². The molecule has 1 heterocycles. The van der Waals surface area contributed by atoms with Crippen LogP contribution in [-0.4, -0.2) is 26.1 Å². The third-order valence-corrected chi connectivity index (χ3v) is 6.03. The average Bonchev–Trinajstić information content (AvgIpc) is 2.98. The lowest BCUT2D eigenvalue weighted by atomic mass is 9.95. The highest BCUT2D eigenvalue weighted by molar-refractivity contribution is 9.10. The van der Waals surface area contributed by atoms with Crippen LogP contribution in [0.15, 0.2) is 22.7 Å². The Balaban J connectivity index is 1.92. The van der Waals surface area contributed by atoms with Gasteiger partial charge in [0.25, 0.3) is 5.91 Å². The number of methoxy groups -OCH3 is 2. The van der Waals surface area contributed by atoms with Crippen molar-refractivity contribution in [3.63, 3.8) is 0 Å². The molecule has 1 aromatic heterocycles. The summed E-state index contributed by atoms with van der Waals surface area (Å²) in [7, 11) is 2.93. The number of esters is 1. The van der Waals surface area contributed by atoms with E-state index in [-0.39, 0.29) is 5.91 Å². The minimum atomic E-state index is -0.398. The van der Waals surface area contributed by atoms with Crippen LogP contribution in [0.3, 0.4) is 0 Å². The fourth-order valence-corrected chi connectivity index (χ4v) is 4.77. The van der Waals surface area contributed by atoms with Crippen molar-refractivity contribution in [2.24, 2.45) is 0 Å². The van der Waals surface area contributed by atoms with Crippen molar-refractivity contribution < 1.29 is 19.1 Å². The zero-order valence-electron chi connectivity index (χ0n) is 14.0.